The van der Waals surface area contributed by atoms with Crippen LogP contribution in [0.3, 0.4) is 0 Å². The fourth-order valence-electron chi connectivity index (χ4n) is 1.95. The topological polar surface area (TPSA) is 67.4 Å². The first-order valence-electron chi connectivity index (χ1n) is 5.55. The summed E-state index contributed by atoms with van der Waals surface area (Å²) < 4.78 is 32.2. The Morgan fingerprint density at radius 1 is 1.39 bits per heavy atom. The number of ether oxygens (including phenoxy) is 1. The second kappa shape index (κ2) is 5.54. The zero-order valence-electron chi connectivity index (χ0n) is 9.89. The average molecular weight is 291 g/mol. The van der Waals surface area contributed by atoms with Crippen molar-refractivity contribution >= 4 is 21.6 Å². The second-order valence-corrected chi connectivity index (χ2v) is 6.18. The molecule has 2 rings (SSSR count). The summed E-state index contributed by atoms with van der Waals surface area (Å²) in [6.45, 7) is 1.17. The second-order valence-electron chi connectivity index (χ2n) is 4.09. The van der Waals surface area contributed by atoms with Gasteiger partial charge in [-0.2, -0.15) is 0 Å². The molecule has 0 spiro atoms. The van der Waals surface area contributed by atoms with Crippen LogP contribution in [0.25, 0.3) is 0 Å². The molecule has 1 aliphatic heterocycles. The highest BCUT2D eigenvalue weighted by Gasteiger charge is 2.31. The van der Waals surface area contributed by atoms with Gasteiger partial charge in [0.2, 0.25) is 10.0 Å². The normalized spacial score (nSPS) is 24.3. The summed E-state index contributed by atoms with van der Waals surface area (Å²) in [5.41, 5.74) is 0. The number of hydrogen-bond acceptors (Lipinski definition) is 4. The van der Waals surface area contributed by atoms with Gasteiger partial charge in [-0.15, -0.1) is 0 Å². The van der Waals surface area contributed by atoms with Crippen LogP contribution in [0.5, 0.6) is 0 Å². The first kappa shape index (κ1) is 13.8. The Morgan fingerprint density at radius 2 is 2.11 bits per heavy atom. The van der Waals surface area contributed by atoms with E-state index in [2.05, 4.69) is 10.0 Å². The van der Waals surface area contributed by atoms with E-state index in [0.717, 1.165) is 0 Å². The fraction of sp³-hybridized carbons (Fsp3) is 0.455. The molecule has 7 heteroatoms. The monoisotopic (exact) mass is 290 g/mol. The molecule has 0 bridgehead atoms. The minimum atomic E-state index is -3.62. The minimum Gasteiger partial charge on any atom is -0.378 e. The lowest BCUT2D eigenvalue weighted by Gasteiger charge is -2.18. The van der Waals surface area contributed by atoms with Gasteiger partial charge in [-0.1, -0.05) is 23.7 Å². The molecule has 18 heavy (non-hydrogen) atoms. The minimum absolute atomic E-state index is 0.0911. The number of nitrogens with one attached hydrogen (secondary N) is 2. The van der Waals surface area contributed by atoms with Crippen LogP contribution in [0.1, 0.15) is 0 Å². The van der Waals surface area contributed by atoms with Crippen molar-refractivity contribution in [3.63, 3.8) is 0 Å². The van der Waals surface area contributed by atoms with Gasteiger partial charge in [-0.25, -0.2) is 13.1 Å². The highest BCUT2D eigenvalue weighted by atomic mass is 35.5. The molecule has 2 N–H and O–H groups in total. The summed E-state index contributed by atoms with van der Waals surface area (Å²) >= 11 is 5.90. The molecule has 1 aromatic rings. The maximum atomic E-state index is 12.2. The van der Waals surface area contributed by atoms with Crippen molar-refractivity contribution in [2.45, 2.75) is 17.0 Å². The maximum absolute atomic E-state index is 12.2. The van der Waals surface area contributed by atoms with Crippen molar-refractivity contribution < 1.29 is 13.2 Å². The molecule has 1 saturated heterocycles. The van der Waals surface area contributed by atoms with Crippen molar-refractivity contribution in [1.82, 2.24) is 10.0 Å². The van der Waals surface area contributed by atoms with Crippen LogP contribution in [0.4, 0.5) is 0 Å². The number of rotatable bonds is 4. The van der Waals surface area contributed by atoms with Gasteiger partial charge in [0.1, 0.15) is 4.90 Å². The molecule has 1 aliphatic rings. The summed E-state index contributed by atoms with van der Waals surface area (Å²) in [5.74, 6) is 0. The number of halogens is 1. The van der Waals surface area contributed by atoms with E-state index in [4.69, 9.17) is 16.3 Å². The SMILES string of the molecule is CO[C@H]1CNCC1NS(=O)(=O)c1ccccc1Cl. The lowest BCUT2D eigenvalue weighted by atomic mass is 10.2. The highest BCUT2D eigenvalue weighted by Crippen LogP contribution is 2.21. The van der Waals surface area contributed by atoms with Crippen LogP contribution in [0.2, 0.25) is 5.02 Å². The van der Waals surface area contributed by atoms with Crippen molar-refractivity contribution in [3.8, 4) is 0 Å². The predicted octanol–water partition coefficient (Wildman–Crippen LogP) is 0.605. The van der Waals surface area contributed by atoms with E-state index in [9.17, 15) is 8.42 Å². The molecule has 0 amide bonds. The van der Waals surface area contributed by atoms with E-state index < -0.39 is 10.0 Å². The molecule has 2 atom stereocenters. The van der Waals surface area contributed by atoms with E-state index >= 15 is 0 Å². The van der Waals surface area contributed by atoms with E-state index in [0.29, 0.717) is 13.1 Å². The van der Waals surface area contributed by atoms with Crippen LogP contribution in [-0.4, -0.2) is 40.8 Å². The Bertz CT molecular complexity index is 521. The predicted molar refractivity (Wildman–Crippen MR) is 69.2 cm³/mol. The molecule has 0 aliphatic carbocycles. The molecule has 1 fully saturated rings. The van der Waals surface area contributed by atoms with Crippen molar-refractivity contribution in [2.75, 3.05) is 20.2 Å². The third-order valence-electron chi connectivity index (χ3n) is 2.89. The van der Waals surface area contributed by atoms with Crippen LogP contribution >= 0.6 is 11.6 Å². The van der Waals surface area contributed by atoms with E-state index in [1.807, 2.05) is 0 Å². The van der Waals surface area contributed by atoms with Crippen LogP contribution in [0.15, 0.2) is 29.2 Å². The standard InChI is InChI=1S/C11H15ClN2O3S/c1-17-10-7-13-6-9(10)14-18(15,16)11-5-3-2-4-8(11)12/h2-5,9-10,13-14H,6-7H2,1H3/t9?,10-/m0/s1. The Labute approximate surface area is 112 Å². The van der Waals surface area contributed by atoms with Gasteiger partial charge in [0.05, 0.1) is 17.2 Å². The van der Waals surface area contributed by atoms with Gasteiger partial charge in [-0.3, -0.25) is 0 Å². The van der Waals surface area contributed by atoms with Gasteiger partial charge in [-0.05, 0) is 12.1 Å². The quantitative estimate of drug-likeness (QED) is 0.852. The average Bonchev–Trinajstić information content (AvgIpc) is 2.76. The van der Waals surface area contributed by atoms with Gasteiger partial charge in [0, 0.05) is 20.2 Å². The molecule has 0 aromatic heterocycles. The fourth-order valence-corrected chi connectivity index (χ4v) is 3.73. The van der Waals surface area contributed by atoms with Gasteiger partial charge >= 0.3 is 0 Å². The maximum Gasteiger partial charge on any atom is 0.242 e. The number of methoxy groups -OCH3 is 1. The summed E-state index contributed by atoms with van der Waals surface area (Å²) in [4.78, 5) is 0.0911. The molecular weight excluding hydrogens is 276 g/mol. The number of hydrogen-bond donors (Lipinski definition) is 2. The molecule has 1 aromatic carbocycles. The first-order chi connectivity index (χ1) is 8.54. The Hall–Kier alpha value is -0.660. The van der Waals surface area contributed by atoms with Crippen LogP contribution < -0.4 is 10.0 Å². The van der Waals surface area contributed by atoms with Crippen molar-refractivity contribution in [3.05, 3.63) is 29.3 Å². The Morgan fingerprint density at radius 3 is 2.78 bits per heavy atom. The third-order valence-corrected chi connectivity index (χ3v) is 4.88. The zero-order valence-corrected chi connectivity index (χ0v) is 11.5. The molecule has 1 heterocycles. The Kier molecular flexibility index (Phi) is 4.24. The molecule has 1 unspecified atom stereocenters. The number of benzene rings is 1. The third kappa shape index (κ3) is 2.84. The van der Waals surface area contributed by atoms with Crippen molar-refractivity contribution in [2.24, 2.45) is 0 Å². The zero-order chi connectivity index (χ0) is 13.2. The molecule has 100 valence electrons. The van der Waals surface area contributed by atoms with E-state index in [1.165, 1.54) is 6.07 Å². The molecule has 5 nitrogen and oxygen atoms in total. The summed E-state index contributed by atoms with van der Waals surface area (Å²) in [7, 11) is -2.06. The lowest BCUT2D eigenvalue weighted by Crippen LogP contribution is -2.43. The van der Waals surface area contributed by atoms with Gasteiger partial charge in [0.15, 0.2) is 0 Å². The highest BCUT2D eigenvalue weighted by molar-refractivity contribution is 7.89. The van der Waals surface area contributed by atoms with E-state index in [1.54, 1.807) is 25.3 Å². The molecule has 0 saturated carbocycles. The lowest BCUT2D eigenvalue weighted by molar-refractivity contribution is 0.103. The first-order valence-corrected chi connectivity index (χ1v) is 7.41. The summed E-state index contributed by atoms with van der Waals surface area (Å²) in [6, 6.07) is 6.08. The largest absolute Gasteiger partial charge is 0.378 e. The smallest absolute Gasteiger partial charge is 0.242 e. The van der Waals surface area contributed by atoms with E-state index in [-0.39, 0.29) is 22.1 Å². The molecule has 0 radical (unpaired) electrons. The molecular formula is C11H15ClN2O3S. The van der Waals surface area contributed by atoms with Crippen molar-refractivity contribution in [1.29, 1.82) is 0 Å². The Balaban J connectivity index is 2.20. The van der Waals surface area contributed by atoms with Crippen LogP contribution in [-0.2, 0) is 14.8 Å². The van der Waals surface area contributed by atoms with Gasteiger partial charge in [0.25, 0.3) is 0 Å². The summed E-state index contributed by atoms with van der Waals surface area (Å²) in [5, 5.41) is 3.29. The summed E-state index contributed by atoms with van der Waals surface area (Å²) in [6.07, 6.45) is -0.165. The number of sulfonamides is 1. The van der Waals surface area contributed by atoms with Gasteiger partial charge < -0.3 is 10.1 Å². The van der Waals surface area contributed by atoms with Crippen LogP contribution in [0, 0.1) is 0 Å².